The summed E-state index contributed by atoms with van der Waals surface area (Å²) >= 11 is 0. The van der Waals surface area contributed by atoms with E-state index >= 15 is 0 Å². The molecule has 0 heterocycles. The average Bonchev–Trinajstić information content (AvgIpc) is 2.44. The van der Waals surface area contributed by atoms with Gasteiger partial charge in [0.2, 0.25) is 0 Å². The van der Waals surface area contributed by atoms with E-state index in [1.807, 2.05) is 13.8 Å². The van der Waals surface area contributed by atoms with E-state index in [0.29, 0.717) is 16.7 Å². The normalized spacial score (nSPS) is 35.2. The summed E-state index contributed by atoms with van der Waals surface area (Å²) in [7, 11) is 0. The number of carbonyl (C=O) groups is 1. The van der Waals surface area contributed by atoms with Gasteiger partial charge < -0.3 is 4.74 Å². The molecule has 1 saturated carbocycles. The molecular formula is C22H34O2. The van der Waals surface area contributed by atoms with Crippen molar-refractivity contribution in [3.05, 3.63) is 23.3 Å². The fraction of sp³-hybridized carbons (Fsp3) is 0.773. The molecule has 3 rings (SSSR count). The number of carbonyl (C=O) groups excluding carboxylic acids is 1. The van der Waals surface area contributed by atoms with Crippen molar-refractivity contribution in [1.29, 1.82) is 0 Å². The number of rotatable bonds is 2. The Hall–Kier alpha value is -1.05. The molecule has 0 aliphatic heterocycles. The zero-order valence-electron chi connectivity index (χ0n) is 16.4. The van der Waals surface area contributed by atoms with Crippen LogP contribution in [0.5, 0.6) is 0 Å². The van der Waals surface area contributed by atoms with Gasteiger partial charge in [-0.3, -0.25) is 4.79 Å². The molecule has 0 saturated heterocycles. The summed E-state index contributed by atoms with van der Waals surface area (Å²) in [5, 5.41) is 0. The molecule has 3 atom stereocenters. The zero-order chi connectivity index (χ0) is 17.8. The van der Waals surface area contributed by atoms with Crippen molar-refractivity contribution >= 4 is 5.97 Å². The number of hydrogen-bond acceptors (Lipinski definition) is 2. The van der Waals surface area contributed by atoms with E-state index in [2.05, 4.69) is 32.9 Å². The first-order valence-electron chi connectivity index (χ1n) is 9.67. The van der Waals surface area contributed by atoms with Crippen molar-refractivity contribution in [2.45, 2.75) is 85.7 Å². The zero-order valence-corrected chi connectivity index (χ0v) is 16.4. The van der Waals surface area contributed by atoms with Gasteiger partial charge in [-0.2, -0.15) is 0 Å². The Morgan fingerprint density at radius 1 is 1.25 bits per heavy atom. The SMILES string of the molecule is CC(=O)OC(C)(C)C1=CC2=CCC3C(C)(C)CCCC3(C)C2CC1. The predicted octanol–water partition coefficient (Wildman–Crippen LogP) is 5.83. The Morgan fingerprint density at radius 2 is 1.96 bits per heavy atom. The van der Waals surface area contributed by atoms with Crippen molar-refractivity contribution in [2.75, 3.05) is 0 Å². The van der Waals surface area contributed by atoms with Crippen molar-refractivity contribution in [2.24, 2.45) is 22.7 Å². The lowest BCUT2D eigenvalue weighted by atomic mass is 9.47. The van der Waals surface area contributed by atoms with E-state index in [1.54, 1.807) is 0 Å². The molecule has 0 aromatic rings. The van der Waals surface area contributed by atoms with Gasteiger partial charge in [0.05, 0.1) is 0 Å². The lowest BCUT2D eigenvalue weighted by Gasteiger charge is -2.57. The highest BCUT2D eigenvalue weighted by Crippen LogP contribution is 2.61. The van der Waals surface area contributed by atoms with Crippen molar-refractivity contribution in [1.82, 2.24) is 0 Å². The molecule has 3 aliphatic carbocycles. The molecule has 134 valence electrons. The summed E-state index contributed by atoms with van der Waals surface area (Å²) in [6.45, 7) is 13.1. The van der Waals surface area contributed by atoms with Gasteiger partial charge in [-0.25, -0.2) is 0 Å². The van der Waals surface area contributed by atoms with Crippen molar-refractivity contribution in [3.8, 4) is 0 Å². The first kappa shape index (κ1) is 17.8. The van der Waals surface area contributed by atoms with Crippen LogP contribution in [0.15, 0.2) is 23.3 Å². The van der Waals surface area contributed by atoms with Crippen LogP contribution in [0.2, 0.25) is 0 Å². The first-order valence-corrected chi connectivity index (χ1v) is 9.67. The second-order valence-electron chi connectivity index (χ2n) is 9.71. The van der Waals surface area contributed by atoms with Crippen molar-refractivity contribution < 1.29 is 9.53 Å². The Morgan fingerprint density at radius 3 is 2.62 bits per heavy atom. The van der Waals surface area contributed by atoms with E-state index in [0.717, 1.165) is 12.3 Å². The quantitative estimate of drug-likeness (QED) is 0.596. The second kappa shape index (κ2) is 5.75. The van der Waals surface area contributed by atoms with Crippen LogP contribution in [0.25, 0.3) is 0 Å². The van der Waals surface area contributed by atoms with E-state index in [4.69, 9.17) is 4.74 Å². The Kier molecular flexibility index (Phi) is 4.25. The molecule has 0 spiro atoms. The monoisotopic (exact) mass is 330 g/mol. The molecule has 1 fully saturated rings. The molecule has 0 amide bonds. The van der Waals surface area contributed by atoms with Crippen LogP contribution in [-0.4, -0.2) is 11.6 Å². The predicted molar refractivity (Wildman–Crippen MR) is 98.6 cm³/mol. The highest BCUT2D eigenvalue weighted by molar-refractivity contribution is 5.67. The maximum Gasteiger partial charge on any atom is 0.303 e. The lowest BCUT2D eigenvalue weighted by molar-refractivity contribution is -0.150. The third kappa shape index (κ3) is 2.86. The number of ether oxygens (including phenoxy) is 1. The number of allylic oxidation sites excluding steroid dienone is 3. The van der Waals surface area contributed by atoms with Crippen LogP contribution in [0.4, 0.5) is 0 Å². The molecule has 0 aromatic carbocycles. The smallest absolute Gasteiger partial charge is 0.303 e. The topological polar surface area (TPSA) is 26.3 Å². The fourth-order valence-corrected chi connectivity index (χ4v) is 6.08. The van der Waals surface area contributed by atoms with Gasteiger partial charge in [-0.15, -0.1) is 0 Å². The summed E-state index contributed by atoms with van der Waals surface area (Å²) < 4.78 is 5.59. The van der Waals surface area contributed by atoms with E-state index in [-0.39, 0.29) is 5.97 Å². The van der Waals surface area contributed by atoms with Gasteiger partial charge in [-0.05, 0) is 79.8 Å². The largest absolute Gasteiger partial charge is 0.455 e. The molecule has 3 aliphatic rings. The molecule has 2 heteroatoms. The molecule has 2 nitrogen and oxygen atoms in total. The van der Waals surface area contributed by atoms with Gasteiger partial charge in [0.25, 0.3) is 0 Å². The van der Waals surface area contributed by atoms with Crippen LogP contribution in [0, 0.1) is 22.7 Å². The minimum absolute atomic E-state index is 0.193. The third-order valence-electron chi connectivity index (χ3n) is 7.28. The third-order valence-corrected chi connectivity index (χ3v) is 7.28. The van der Waals surface area contributed by atoms with Crippen molar-refractivity contribution in [3.63, 3.8) is 0 Å². The average molecular weight is 331 g/mol. The van der Waals surface area contributed by atoms with E-state index in [9.17, 15) is 4.79 Å². The van der Waals surface area contributed by atoms with Crippen LogP contribution < -0.4 is 0 Å². The lowest BCUT2D eigenvalue weighted by Crippen LogP contribution is -2.49. The van der Waals surface area contributed by atoms with Crippen LogP contribution in [0.3, 0.4) is 0 Å². The van der Waals surface area contributed by atoms with E-state index in [1.165, 1.54) is 50.2 Å². The van der Waals surface area contributed by atoms with Crippen LogP contribution >= 0.6 is 0 Å². The minimum atomic E-state index is -0.485. The molecule has 0 radical (unpaired) electrons. The molecular weight excluding hydrogens is 296 g/mol. The standard InChI is InChI=1S/C22H34O2/c1-15(23)24-21(4,5)17-9-10-18-16(14-17)8-11-19-20(2,3)12-7-13-22(18,19)6/h8,14,18-19H,7,9-13H2,1-6H3. The number of fused-ring (bicyclic) bond motifs is 3. The Labute approximate surface area is 147 Å². The molecule has 0 aromatic heterocycles. The van der Waals surface area contributed by atoms with Crippen LogP contribution in [0.1, 0.15) is 80.1 Å². The Bertz CT molecular complexity index is 593. The van der Waals surface area contributed by atoms with Gasteiger partial charge in [0, 0.05) is 6.92 Å². The van der Waals surface area contributed by atoms with Gasteiger partial charge in [-0.1, -0.05) is 39.3 Å². The van der Waals surface area contributed by atoms with E-state index < -0.39 is 5.60 Å². The maximum absolute atomic E-state index is 11.4. The molecule has 0 N–H and O–H groups in total. The number of hydrogen-bond donors (Lipinski definition) is 0. The molecule has 24 heavy (non-hydrogen) atoms. The molecule has 0 bridgehead atoms. The van der Waals surface area contributed by atoms with Gasteiger partial charge in [0.15, 0.2) is 0 Å². The number of esters is 1. The summed E-state index contributed by atoms with van der Waals surface area (Å²) in [4.78, 5) is 11.4. The molecule has 3 unspecified atom stereocenters. The summed E-state index contributed by atoms with van der Waals surface area (Å²) in [5.74, 6) is 1.28. The summed E-state index contributed by atoms with van der Waals surface area (Å²) in [6, 6.07) is 0. The fourth-order valence-electron chi connectivity index (χ4n) is 6.08. The second-order valence-corrected chi connectivity index (χ2v) is 9.71. The summed E-state index contributed by atoms with van der Waals surface area (Å²) in [6.07, 6.45) is 12.4. The van der Waals surface area contributed by atoms with Gasteiger partial charge >= 0.3 is 5.97 Å². The maximum atomic E-state index is 11.4. The highest BCUT2D eigenvalue weighted by atomic mass is 16.6. The van der Waals surface area contributed by atoms with Crippen LogP contribution in [-0.2, 0) is 9.53 Å². The summed E-state index contributed by atoms with van der Waals surface area (Å²) in [5.41, 5.74) is 3.18. The Balaban J connectivity index is 1.92. The minimum Gasteiger partial charge on any atom is -0.455 e. The van der Waals surface area contributed by atoms with Gasteiger partial charge in [0.1, 0.15) is 5.60 Å². The highest BCUT2D eigenvalue weighted by Gasteiger charge is 2.52. The first-order chi connectivity index (χ1) is 11.1.